The lowest BCUT2D eigenvalue weighted by molar-refractivity contribution is -0.122. The van der Waals surface area contributed by atoms with Gasteiger partial charge in [-0.1, -0.05) is 18.2 Å². The molecule has 0 spiro atoms. The Bertz CT molecular complexity index is 1480. The maximum absolute atomic E-state index is 15.2. The van der Waals surface area contributed by atoms with Crippen molar-refractivity contribution in [2.24, 2.45) is 0 Å². The average Bonchev–Trinajstić information content (AvgIpc) is 3.08. The number of carbonyl (C=O) groups is 2. The van der Waals surface area contributed by atoms with Crippen molar-refractivity contribution in [2.45, 2.75) is 80.8 Å². The maximum Gasteiger partial charge on any atom is 0.405 e. The van der Waals surface area contributed by atoms with Gasteiger partial charge in [-0.2, -0.15) is 4.31 Å². The summed E-state index contributed by atoms with van der Waals surface area (Å²) < 4.78 is 84.9. The lowest BCUT2D eigenvalue weighted by atomic mass is 9.63. The molecule has 0 aromatic heterocycles. The molecule has 0 radical (unpaired) electrons. The molecule has 4 atom stereocenters. The first-order valence-corrected chi connectivity index (χ1v) is 16.4. The number of nitrogens with one attached hydrogen (secondary N) is 3. The Morgan fingerprint density at radius 2 is 1.77 bits per heavy atom. The van der Waals surface area contributed by atoms with Gasteiger partial charge in [0.05, 0.1) is 5.75 Å². The van der Waals surface area contributed by atoms with E-state index in [1.807, 2.05) is 0 Å². The van der Waals surface area contributed by atoms with E-state index in [1.54, 1.807) is 0 Å². The summed E-state index contributed by atoms with van der Waals surface area (Å²) in [6.07, 6.45) is -1.70. The zero-order chi connectivity index (χ0) is 31.7. The molecule has 2 aromatic rings. The molecule has 4 N–H and O–H groups in total. The number of halogens is 4. The predicted molar refractivity (Wildman–Crippen MR) is 155 cm³/mol. The van der Waals surface area contributed by atoms with Gasteiger partial charge in [-0.25, -0.2) is 30.8 Å². The van der Waals surface area contributed by atoms with Crippen LogP contribution >= 0.6 is 0 Å². The van der Waals surface area contributed by atoms with Crippen molar-refractivity contribution in [2.75, 3.05) is 24.2 Å². The molecule has 9 nitrogen and oxygen atoms in total. The molecule has 1 saturated carbocycles. The first kappa shape index (κ1) is 32.2. The molecule has 44 heavy (non-hydrogen) atoms. The van der Waals surface area contributed by atoms with Crippen molar-refractivity contribution < 1.29 is 40.7 Å². The Morgan fingerprint density at radius 1 is 1.07 bits per heavy atom. The Hall–Kier alpha value is -3.23. The standard InChI is InChI=1S/C30H36F4N4O5S/c31-20-8-6-19(7-9-20)29(12-14-30(33,34)15-13-29)26(37-28(40)41)27(39)36-25-5-1-4-24(32)23(25)11-10-22-17-35-21-3-2-16-44(42,43)38(22)18-21/h1,4-9,21-22,26,35,37H,2-3,10-18H2,(H,36,39)(H,40,41)/t21?,22-,26+/m0/s1. The van der Waals surface area contributed by atoms with Crippen LogP contribution in [0.4, 0.5) is 28.0 Å². The largest absolute Gasteiger partial charge is 0.465 e. The van der Waals surface area contributed by atoms with Crippen molar-refractivity contribution in [3.05, 3.63) is 65.2 Å². The molecule has 3 fully saturated rings. The Kier molecular flexibility index (Phi) is 9.24. The van der Waals surface area contributed by atoms with Crippen LogP contribution < -0.4 is 16.0 Å². The van der Waals surface area contributed by atoms with Crippen LogP contribution in [-0.4, -0.2) is 72.7 Å². The average molecular weight is 641 g/mol. The highest BCUT2D eigenvalue weighted by Gasteiger charge is 2.51. The Morgan fingerprint density at radius 3 is 2.45 bits per heavy atom. The number of carboxylic acid groups (broad SMARTS) is 1. The minimum absolute atomic E-state index is 0.0440. The normalized spacial score (nSPS) is 26.1. The van der Waals surface area contributed by atoms with Gasteiger partial charge in [0.15, 0.2) is 0 Å². The van der Waals surface area contributed by atoms with E-state index in [1.165, 1.54) is 34.6 Å². The first-order valence-electron chi connectivity index (χ1n) is 14.7. The first-order chi connectivity index (χ1) is 20.8. The van der Waals surface area contributed by atoms with Gasteiger partial charge in [-0.05, 0) is 68.4 Å². The number of nitrogens with zero attached hydrogens (tertiary/aromatic N) is 1. The van der Waals surface area contributed by atoms with E-state index in [-0.39, 0.29) is 48.7 Å². The number of fused-ring (bicyclic) bond motifs is 2. The fourth-order valence-corrected chi connectivity index (χ4v) is 8.66. The molecular weight excluding hydrogens is 604 g/mol. The molecule has 240 valence electrons. The highest BCUT2D eigenvalue weighted by atomic mass is 32.2. The third-order valence-electron chi connectivity index (χ3n) is 9.24. The third kappa shape index (κ3) is 6.86. The fraction of sp³-hybridized carbons (Fsp3) is 0.533. The second kappa shape index (κ2) is 12.6. The van der Waals surface area contributed by atoms with Gasteiger partial charge in [0, 0.05) is 54.7 Å². The van der Waals surface area contributed by atoms with E-state index in [9.17, 15) is 36.3 Å². The van der Waals surface area contributed by atoms with E-state index in [0.717, 1.165) is 18.6 Å². The van der Waals surface area contributed by atoms with Crippen LogP contribution in [0.5, 0.6) is 0 Å². The van der Waals surface area contributed by atoms with Crippen LogP contribution in [0.1, 0.15) is 56.1 Å². The van der Waals surface area contributed by atoms with Gasteiger partial charge >= 0.3 is 6.09 Å². The smallest absolute Gasteiger partial charge is 0.405 e. The minimum atomic E-state index is -3.47. The summed E-state index contributed by atoms with van der Waals surface area (Å²) in [7, 11) is -3.47. The van der Waals surface area contributed by atoms with Crippen LogP contribution in [0, 0.1) is 11.6 Å². The SMILES string of the molecule is O=C(O)N[C@H](C(=O)Nc1cccc(F)c1CC[C@H]1CNC2CCCS(=O)(=O)N1C2)C1(c2ccc(F)cc2)CCC(F)(F)CC1. The molecule has 2 bridgehead atoms. The van der Waals surface area contributed by atoms with Crippen LogP contribution in [0.3, 0.4) is 0 Å². The van der Waals surface area contributed by atoms with Crippen molar-refractivity contribution in [3.8, 4) is 0 Å². The second-order valence-electron chi connectivity index (χ2n) is 12.0. The van der Waals surface area contributed by atoms with Crippen LogP contribution in [-0.2, 0) is 26.7 Å². The van der Waals surface area contributed by atoms with E-state index >= 15 is 4.39 Å². The predicted octanol–water partition coefficient (Wildman–Crippen LogP) is 4.39. The number of benzene rings is 2. The number of carbonyl (C=O) groups excluding carboxylic acids is 1. The summed E-state index contributed by atoms with van der Waals surface area (Å²) in [5, 5.41) is 17.9. The molecule has 14 heteroatoms. The molecule has 2 amide bonds. The fourth-order valence-electron chi connectivity index (χ4n) is 6.86. The van der Waals surface area contributed by atoms with Crippen molar-refractivity contribution in [3.63, 3.8) is 0 Å². The monoisotopic (exact) mass is 640 g/mol. The molecule has 2 heterocycles. The van der Waals surface area contributed by atoms with Crippen LogP contribution in [0.15, 0.2) is 42.5 Å². The number of anilines is 1. The lowest BCUT2D eigenvalue weighted by Gasteiger charge is -2.45. The van der Waals surface area contributed by atoms with E-state index in [0.29, 0.717) is 25.1 Å². The van der Waals surface area contributed by atoms with E-state index < -0.39 is 69.9 Å². The number of piperazine rings is 1. The van der Waals surface area contributed by atoms with Gasteiger partial charge in [-0.3, -0.25) is 4.79 Å². The summed E-state index contributed by atoms with van der Waals surface area (Å²) in [6.45, 7) is 0.733. The van der Waals surface area contributed by atoms with Crippen molar-refractivity contribution >= 4 is 27.7 Å². The number of rotatable bonds is 8. The molecule has 1 aliphatic carbocycles. The second-order valence-corrected chi connectivity index (χ2v) is 14.0. The molecule has 2 aliphatic heterocycles. The van der Waals surface area contributed by atoms with Crippen molar-refractivity contribution in [1.29, 1.82) is 0 Å². The zero-order valence-corrected chi connectivity index (χ0v) is 24.8. The van der Waals surface area contributed by atoms with Gasteiger partial charge in [-0.15, -0.1) is 0 Å². The van der Waals surface area contributed by atoms with Crippen LogP contribution in [0.25, 0.3) is 0 Å². The summed E-state index contributed by atoms with van der Waals surface area (Å²) in [5.41, 5.74) is -0.945. The maximum atomic E-state index is 15.2. The summed E-state index contributed by atoms with van der Waals surface area (Å²) in [6, 6.07) is 7.05. The topological polar surface area (TPSA) is 128 Å². The summed E-state index contributed by atoms with van der Waals surface area (Å²) in [5.74, 6) is -5.08. The molecule has 2 aromatic carbocycles. The molecular formula is C30H36F4N4O5S. The quantitative estimate of drug-likeness (QED) is 0.317. The van der Waals surface area contributed by atoms with Gasteiger partial charge in [0.25, 0.3) is 0 Å². The molecule has 2 saturated heterocycles. The number of alkyl halides is 2. The molecule has 5 rings (SSSR count). The Balaban J connectivity index is 1.42. The zero-order valence-electron chi connectivity index (χ0n) is 24.0. The highest BCUT2D eigenvalue weighted by Crippen LogP contribution is 2.48. The third-order valence-corrected chi connectivity index (χ3v) is 11.2. The number of hydrogen-bond donors (Lipinski definition) is 4. The molecule has 2 unspecified atom stereocenters. The number of amides is 2. The lowest BCUT2D eigenvalue weighted by Crippen LogP contribution is -2.58. The minimum Gasteiger partial charge on any atom is -0.465 e. The van der Waals surface area contributed by atoms with Crippen LogP contribution in [0.2, 0.25) is 0 Å². The number of sulfonamides is 1. The van der Waals surface area contributed by atoms with E-state index in [4.69, 9.17) is 0 Å². The summed E-state index contributed by atoms with van der Waals surface area (Å²) in [4.78, 5) is 25.8. The van der Waals surface area contributed by atoms with Gasteiger partial charge in [0.2, 0.25) is 21.9 Å². The van der Waals surface area contributed by atoms with Gasteiger partial charge in [0.1, 0.15) is 17.7 Å². The molecule has 3 aliphatic rings. The highest BCUT2D eigenvalue weighted by molar-refractivity contribution is 7.89. The van der Waals surface area contributed by atoms with E-state index in [2.05, 4.69) is 16.0 Å². The van der Waals surface area contributed by atoms with Gasteiger partial charge < -0.3 is 21.1 Å². The summed E-state index contributed by atoms with van der Waals surface area (Å²) >= 11 is 0. The van der Waals surface area contributed by atoms with Crippen molar-refractivity contribution in [1.82, 2.24) is 14.9 Å². The number of hydrogen-bond acceptors (Lipinski definition) is 5. The Labute approximate surface area is 253 Å².